The molecule has 4 rings (SSSR count). The summed E-state index contributed by atoms with van der Waals surface area (Å²) in [6.45, 7) is 6.33. The molecule has 8 nitrogen and oxygen atoms in total. The molecule has 1 aliphatic rings. The van der Waals surface area contributed by atoms with Gasteiger partial charge < -0.3 is 19.5 Å². The molecule has 3 aromatic rings. The summed E-state index contributed by atoms with van der Waals surface area (Å²) in [5.41, 5.74) is 3.23. The van der Waals surface area contributed by atoms with Gasteiger partial charge in [-0.3, -0.25) is 4.79 Å². The van der Waals surface area contributed by atoms with Gasteiger partial charge >= 0.3 is 5.97 Å². The van der Waals surface area contributed by atoms with Crippen LogP contribution in [0.3, 0.4) is 0 Å². The first kappa shape index (κ1) is 19.4. The van der Waals surface area contributed by atoms with E-state index in [2.05, 4.69) is 19.9 Å². The van der Waals surface area contributed by atoms with E-state index in [-0.39, 0.29) is 5.91 Å². The molecule has 0 bridgehead atoms. The molecular weight excluding hydrogens is 390 g/mol. The van der Waals surface area contributed by atoms with Crippen LogP contribution in [-0.2, 0) is 11.2 Å². The molecule has 0 atom stereocenters. The van der Waals surface area contributed by atoms with E-state index in [9.17, 15) is 9.59 Å². The Balaban J connectivity index is 1.49. The number of ether oxygens (including phenoxy) is 1. The maximum atomic E-state index is 13.1. The van der Waals surface area contributed by atoms with Gasteiger partial charge in [0.1, 0.15) is 16.0 Å². The first-order valence-corrected chi connectivity index (χ1v) is 10.4. The molecule has 9 heteroatoms. The Hall–Kier alpha value is -2.94. The number of esters is 1. The first-order chi connectivity index (χ1) is 14.0. The highest BCUT2D eigenvalue weighted by Gasteiger charge is 2.29. The number of H-pyrrole nitrogens is 1. The number of piperazine rings is 1. The average Bonchev–Trinajstić information content (AvgIpc) is 3.33. The Morgan fingerprint density at radius 2 is 2.03 bits per heavy atom. The number of nitrogens with one attached hydrogen (secondary N) is 1. The predicted octanol–water partition coefficient (Wildman–Crippen LogP) is 2.64. The summed E-state index contributed by atoms with van der Waals surface area (Å²) in [6.07, 6.45) is 2.39. The average molecular weight is 414 g/mol. The number of anilines is 1. The monoisotopic (exact) mass is 413 g/mol. The molecule has 0 aliphatic carbocycles. The molecule has 1 N–H and O–H groups in total. The summed E-state index contributed by atoms with van der Waals surface area (Å²) < 4.78 is 4.88. The number of nitrogens with zero attached hydrogens (tertiary/aromatic N) is 4. The van der Waals surface area contributed by atoms with Crippen molar-refractivity contribution >= 4 is 38.7 Å². The fourth-order valence-corrected chi connectivity index (χ4v) is 4.63. The fourth-order valence-electron chi connectivity index (χ4n) is 3.67. The van der Waals surface area contributed by atoms with E-state index in [1.54, 1.807) is 24.5 Å². The molecule has 29 heavy (non-hydrogen) atoms. The summed E-state index contributed by atoms with van der Waals surface area (Å²) in [6, 6.07) is 3.84. The number of aromatic nitrogens is 3. The Kier molecular flexibility index (Phi) is 5.23. The standard InChI is InChI=1S/C20H23N5O3S/c1-4-13-15(19(27)28-3)12(2)16(22-13)18(26)24-8-10-25(11-9-24)20-23-14-6-5-7-21-17(14)29-20/h5-7,22H,4,8-11H2,1-3H3. The third kappa shape index (κ3) is 3.46. The van der Waals surface area contributed by atoms with Gasteiger partial charge in [-0.05, 0) is 31.0 Å². The predicted molar refractivity (Wildman–Crippen MR) is 112 cm³/mol. The number of thiazole rings is 1. The lowest BCUT2D eigenvalue weighted by molar-refractivity contribution is 0.0599. The zero-order valence-corrected chi connectivity index (χ0v) is 17.5. The van der Waals surface area contributed by atoms with E-state index < -0.39 is 5.97 Å². The maximum absolute atomic E-state index is 13.1. The van der Waals surface area contributed by atoms with E-state index in [1.165, 1.54) is 7.11 Å². The summed E-state index contributed by atoms with van der Waals surface area (Å²) in [7, 11) is 1.35. The molecule has 0 aromatic carbocycles. The van der Waals surface area contributed by atoms with Gasteiger partial charge in [0.15, 0.2) is 5.13 Å². The molecule has 4 heterocycles. The van der Waals surface area contributed by atoms with Crippen LogP contribution in [0.2, 0.25) is 0 Å². The van der Waals surface area contributed by atoms with Crippen molar-refractivity contribution in [3.63, 3.8) is 0 Å². The quantitative estimate of drug-likeness (QED) is 0.661. The van der Waals surface area contributed by atoms with Crippen molar-refractivity contribution < 1.29 is 14.3 Å². The number of hydrogen-bond acceptors (Lipinski definition) is 7. The van der Waals surface area contributed by atoms with E-state index in [1.807, 2.05) is 24.0 Å². The zero-order chi connectivity index (χ0) is 20.5. The SMILES string of the molecule is CCc1[nH]c(C(=O)N2CCN(c3nc4cccnc4s3)CC2)c(C)c1C(=O)OC. The number of methoxy groups -OCH3 is 1. The molecule has 0 spiro atoms. The van der Waals surface area contributed by atoms with E-state index in [0.717, 1.165) is 21.2 Å². The highest BCUT2D eigenvalue weighted by Crippen LogP contribution is 2.28. The van der Waals surface area contributed by atoms with Gasteiger partial charge in [0.05, 0.1) is 12.7 Å². The Labute approximate surface area is 172 Å². The maximum Gasteiger partial charge on any atom is 0.339 e. The van der Waals surface area contributed by atoms with Crippen molar-refractivity contribution in [2.75, 3.05) is 38.2 Å². The number of carbonyl (C=O) groups is 2. The van der Waals surface area contributed by atoms with Crippen LogP contribution in [0.4, 0.5) is 5.13 Å². The molecule has 1 saturated heterocycles. The van der Waals surface area contributed by atoms with Crippen molar-refractivity contribution in [1.29, 1.82) is 0 Å². The second kappa shape index (κ2) is 7.82. The third-order valence-corrected chi connectivity index (χ3v) is 6.32. The van der Waals surface area contributed by atoms with Crippen molar-refractivity contribution in [3.05, 3.63) is 40.8 Å². The van der Waals surface area contributed by atoms with Gasteiger partial charge in [-0.1, -0.05) is 18.3 Å². The molecule has 1 fully saturated rings. The molecule has 152 valence electrons. The molecule has 1 aliphatic heterocycles. The number of rotatable bonds is 4. The van der Waals surface area contributed by atoms with Gasteiger partial charge in [0.25, 0.3) is 5.91 Å². The minimum atomic E-state index is -0.413. The highest BCUT2D eigenvalue weighted by molar-refractivity contribution is 7.21. The van der Waals surface area contributed by atoms with Gasteiger partial charge in [0, 0.05) is 38.1 Å². The van der Waals surface area contributed by atoms with Crippen molar-refractivity contribution in [2.24, 2.45) is 0 Å². The first-order valence-electron chi connectivity index (χ1n) is 9.59. The van der Waals surface area contributed by atoms with Crippen molar-refractivity contribution in [2.45, 2.75) is 20.3 Å². The fraction of sp³-hybridized carbons (Fsp3) is 0.400. The molecule has 3 aromatic heterocycles. The lowest BCUT2D eigenvalue weighted by atomic mass is 10.1. The second-order valence-electron chi connectivity index (χ2n) is 6.93. The molecule has 0 radical (unpaired) electrons. The van der Waals surface area contributed by atoms with E-state index >= 15 is 0 Å². The number of hydrogen-bond donors (Lipinski definition) is 1. The largest absolute Gasteiger partial charge is 0.465 e. The van der Waals surface area contributed by atoms with Crippen LogP contribution >= 0.6 is 11.3 Å². The van der Waals surface area contributed by atoms with Crippen LogP contribution in [0, 0.1) is 6.92 Å². The molecule has 0 saturated carbocycles. The lowest BCUT2D eigenvalue weighted by Crippen LogP contribution is -2.49. The Morgan fingerprint density at radius 1 is 1.28 bits per heavy atom. The van der Waals surface area contributed by atoms with Crippen molar-refractivity contribution in [1.82, 2.24) is 19.9 Å². The molecule has 1 amide bonds. The normalized spacial score (nSPS) is 14.4. The topological polar surface area (TPSA) is 91.4 Å². The molecular formula is C20H23N5O3S. The van der Waals surface area contributed by atoms with Crippen molar-refractivity contribution in [3.8, 4) is 0 Å². The Bertz CT molecular complexity index is 1030. The van der Waals surface area contributed by atoms with E-state index in [4.69, 9.17) is 4.74 Å². The van der Waals surface area contributed by atoms with Crippen LogP contribution in [0.5, 0.6) is 0 Å². The summed E-state index contributed by atoms with van der Waals surface area (Å²) >= 11 is 1.57. The van der Waals surface area contributed by atoms with Crippen LogP contribution in [0.1, 0.15) is 39.0 Å². The number of carbonyl (C=O) groups excluding carboxylic acids is 2. The number of fused-ring (bicyclic) bond motifs is 1. The number of amides is 1. The smallest absolute Gasteiger partial charge is 0.339 e. The van der Waals surface area contributed by atoms with Gasteiger partial charge in [-0.2, -0.15) is 0 Å². The number of aryl methyl sites for hydroxylation is 1. The summed E-state index contributed by atoms with van der Waals surface area (Å²) in [5, 5.41) is 0.933. The zero-order valence-electron chi connectivity index (χ0n) is 16.7. The van der Waals surface area contributed by atoms with E-state index in [0.29, 0.717) is 49.4 Å². The third-order valence-electron chi connectivity index (χ3n) is 5.28. The summed E-state index contributed by atoms with van der Waals surface area (Å²) in [5.74, 6) is -0.498. The lowest BCUT2D eigenvalue weighted by Gasteiger charge is -2.34. The minimum Gasteiger partial charge on any atom is -0.465 e. The van der Waals surface area contributed by atoms with Gasteiger partial charge in [-0.15, -0.1) is 0 Å². The number of pyridine rings is 1. The van der Waals surface area contributed by atoms with Crippen LogP contribution in [0.25, 0.3) is 10.3 Å². The Morgan fingerprint density at radius 3 is 2.69 bits per heavy atom. The summed E-state index contributed by atoms with van der Waals surface area (Å²) in [4.78, 5) is 42.3. The van der Waals surface area contributed by atoms with Crippen LogP contribution in [-0.4, -0.2) is 65.0 Å². The highest BCUT2D eigenvalue weighted by atomic mass is 32.1. The van der Waals surface area contributed by atoms with Gasteiger partial charge in [-0.25, -0.2) is 14.8 Å². The van der Waals surface area contributed by atoms with Crippen LogP contribution in [0.15, 0.2) is 18.3 Å². The number of aromatic amines is 1. The van der Waals surface area contributed by atoms with Crippen LogP contribution < -0.4 is 4.90 Å². The second-order valence-corrected chi connectivity index (χ2v) is 7.88. The van der Waals surface area contributed by atoms with Gasteiger partial charge in [0.2, 0.25) is 0 Å². The minimum absolute atomic E-state index is 0.0852. The molecule has 0 unspecified atom stereocenters.